The topological polar surface area (TPSA) is 49.5 Å². The van der Waals surface area contributed by atoms with E-state index in [2.05, 4.69) is 9.80 Å². The van der Waals surface area contributed by atoms with Gasteiger partial charge in [0.25, 0.3) is 0 Å². The van der Waals surface area contributed by atoms with Crippen LogP contribution in [-0.2, 0) is 0 Å². The third kappa shape index (κ3) is 5.21. The van der Waals surface area contributed by atoms with Crippen LogP contribution >= 0.6 is 0 Å². The van der Waals surface area contributed by atoms with E-state index in [4.69, 9.17) is 0 Å². The standard InChI is InChI=1S/C24H30N4O2/c29-23(21-7-3-1-4-8-21)27-17-13-25-11-12-26(14-18-27)16-20-28(19-15-25)24(30)22-9-5-2-6-10-22/h1-10H,11-20H2/p+2. The first kappa shape index (κ1) is 20.9. The van der Waals surface area contributed by atoms with Crippen molar-refractivity contribution >= 4 is 11.8 Å². The maximum absolute atomic E-state index is 13.0. The van der Waals surface area contributed by atoms with Crippen molar-refractivity contribution in [3.63, 3.8) is 0 Å². The highest BCUT2D eigenvalue weighted by Crippen LogP contribution is 2.00. The Morgan fingerprint density at radius 2 is 0.867 bits per heavy atom. The number of fused-ring (bicyclic) bond motifs is 3. The van der Waals surface area contributed by atoms with Crippen LogP contribution in [0.5, 0.6) is 0 Å². The maximum atomic E-state index is 13.0. The summed E-state index contributed by atoms with van der Waals surface area (Å²) in [5.74, 6) is 0.391. The molecule has 30 heavy (non-hydrogen) atoms. The molecule has 0 saturated carbocycles. The highest BCUT2D eigenvalue weighted by atomic mass is 16.2. The molecular weight excluding hydrogens is 376 g/mol. The lowest BCUT2D eigenvalue weighted by Gasteiger charge is -2.25. The molecule has 2 bridgehead atoms. The maximum Gasteiger partial charge on any atom is 0.344 e. The van der Waals surface area contributed by atoms with Gasteiger partial charge < -0.3 is 0 Å². The molecule has 6 nitrogen and oxygen atoms in total. The molecule has 2 saturated heterocycles. The highest BCUT2D eigenvalue weighted by molar-refractivity contribution is 5.87. The molecule has 0 spiro atoms. The Bertz CT molecular complexity index is 755. The number of amides is 2. The van der Waals surface area contributed by atoms with E-state index in [0.29, 0.717) is 0 Å². The van der Waals surface area contributed by atoms with Crippen molar-refractivity contribution in [3.05, 3.63) is 71.8 Å². The number of quaternary nitrogens is 2. The Morgan fingerprint density at radius 3 is 1.20 bits per heavy atom. The number of hydrogen-bond acceptors (Lipinski definition) is 4. The zero-order valence-corrected chi connectivity index (χ0v) is 17.6. The molecule has 158 valence electrons. The first-order valence-corrected chi connectivity index (χ1v) is 11.0. The minimum Gasteiger partial charge on any atom is -0.291 e. The molecule has 0 atom stereocenters. The average Bonchev–Trinajstić information content (AvgIpc) is 2.96. The number of hydrogen-bond donors (Lipinski definition) is 2. The molecule has 2 N–H and O–H groups in total. The van der Waals surface area contributed by atoms with Crippen LogP contribution in [0.3, 0.4) is 0 Å². The van der Waals surface area contributed by atoms with Crippen LogP contribution in [0.2, 0.25) is 0 Å². The fourth-order valence-corrected chi connectivity index (χ4v) is 4.42. The van der Waals surface area contributed by atoms with Crippen molar-refractivity contribution in [3.8, 4) is 0 Å². The van der Waals surface area contributed by atoms with Gasteiger partial charge in [-0.2, -0.15) is 0 Å². The van der Waals surface area contributed by atoms with E-state index in [1.165, 1.54) is 0 Å². The predicted octanol–water partition coefficient (Wildman–Crippen LogP) is -0.932. The molecule has 0 unspecified atom stereocenters. The van der Waals surface area contributed by atoms with Crippen LogP contribution < -0.4 is 9.80 Å². The van der Waals surface area contributed by atoms with Gasteiger partial charge >= 0.3 is 11.8 Å². The van der Waals surface area contributed by atoms with Gasteiger partial charge in [-0.1, -0.05) is 36.4 Å². The molecule has 2 aliphatic heterocycles. The van der Waals surface area contributed by atoms with E-state index in [-0.39, 0.29) is 11.8 Å². The largest absolute Gasteiger partial charge is 0.344 e. The minimum absolute atomic E-state index is 0.195. The number of rotatable bonds is 2. The number of nitrogens with one attached hydrogen (secondary N) is 2. The monoisotopic (exact) mass is 408 g/mol. The Labute approximate surface area is 178 Å². The van der Waals surface area contributed by atoms with Gasteiger partial charge in [0.1, 0.15) is 0 Å². The first-order chi connectivity index (χ1) is 14.7. The van der Waals surface area contributed by atoms with Gasteiger partial charge in [0, 0.05) is 39.3 Å². The fourth-order valence-electron chi connectivity index (χ4n) is 4.42. The number of nitrogens with zero attached hydrogens (tertiary/aromatic N) is 2. The second kappa shape index (κ2) is 10.1. The van der Waals surface area contributed by atoms with Gasteiger partial charge in [0.05, 0.1) is 37.3 Å². The molecule has 6 heteroatoms. The summed E-state index contributed by atoms with van der Waals surface area (Å²) in [5, 5.41) is 0. The third-order valence-corrected chi connectivity index (χ3v) is 6.37. The molecule has 2 aromatic carbocycles. The van der Waals surface area contributed by atoms with Crippen molar-refractivity contribution in [1.29, 1.82) is 0 Å². The van der Waals surface area contributed by atoms with Crippen LogP contribution in [0.4, 0.5) is 0 Å². The van der Waals surface area contributed by atoms with Crippen molar-refractivity contribution in [1.82, 2.24) is 9.80 Å². The zero-order chi connectivity index (χ0) is 20.8. The molecule has 0 radical (unpaired) electrons. The van der Waals surface area contributed by atoms with Crippen LogP contribution in [0.15, 0.2) is 60.7 Å². The molecule has 2 fully saturated rings. The van der Waals surface area contributed by atoms with Gasteiger partial charge in [-0.3, -0.25) is 19.6 Å². The fraction of sp³-hybridized carbons (Fsp3) is 0.417. The summed E-state index contributed by atoms with van der Waals surface area (Å²) in [6, 6.07) is 19.3. The van der Waals surface area contributed by atoms with Gasteiger partial charge in [0.15, 0.2) is 0 Å². The second-order valence-electron chi connectivity index (χ2n) is 8.28. The lowest BCUT2D eigenvalue weighted by Crippen LogP contribution is -3.17. The predicted molar refractivity (Wildman–Crippen MR) is 116 cm³/mol. The first-order valence-electron chi connectivity index (χ1n) is 11.0. The molecule has 4 rings (SSSR count). The van der Waals surface area contributed by atoms with Crippen LogP contribution in [0, 0.1) is 0 Å². The molecule has 2 aliphatic rings. The van der Waals surface area contributed by atoms with E-state index < -0.39 is 0 Å². The molecule has 2 aromatic rings. The van der Waals surface area contributed by atoms with Crippen molar-refractivity contribution in [2.45, 2.75) is 0 Å². The van der Waals surface area contributed by atoms with Crippen molar-refractivity contribution < 1.29 is 19.4 Å². The summed E-state index contributed by atoms with van der Waals surface area (Å²) in [7, 11) is 0. The average molecular weight is 409 g/mol. The minimum atomic E-state index is 0.195. The van der Waals surface area contributed by atoms with Gasteiger partial charge in [-0.05, 0) is 24.3 Å². The molecule has 2 amide bonds. The summed E-state index contributed by atoms with van der Waals surface area (Å²) < 4.78 is 0. The lowest BCUT2D eigenvalue weighted by atomic mass is 10.2. The molecule has 0 aliphatic carbocycles. The van der Waals surface area contributed by atoms with E-state index in [1.54, 1.807) is 0 Å². The molecule has 0 aromatic heterocycles. The summed E-state index contributed by atoms with van der Waals surface area (Å²) >= 11 is 0. The van der Waals surface area contributed by atoms with Crippen LogP contribution in [0.25, 0.3) is 0 Å². The lowest BCUT2D eigenvalue weighted by molar-refractivity contribution is -0.819. The molecule has 2 heterocycles. The van der Waals surface area contributed by atoms with Crippen molar-refractivity contribution in [2.24, 2.45) is 0 Å². The van der Waals surface area contributed by atoms with E-state index >= 15 is 0 Å². The zero-order valence-electron chi connectivity index (χ0n) is 17.6. The van der Waals surface area contributed by atoms with Gasteiger partial charge in [0.2, 0.25) is 0 Å². The van der Waals surface area contributed by atoms with E-state index in [1.807, 2.05) is 60.7 Å². The summed E-state index contributed by atoms with van der Waals surface area (Å²) in [4.78, 5) is 33.0. The quantitative estimate of drug-likeness (QED) is 0.674. The number of carbonyl (C=O) groups excluding carboxylic acids is 2. The van der Waals surface area contributed by atoms with E-state index in [9.17, 15) is 9.59 Å². The van der Waals surface area contributed by atoms with Gasteiger partial charge in [-0.15, -0.1) is 0 Å². The highest BCUT2D eigenvalue weighted by Gasteiger charge is 2.29. The number of benzene rings is 2. The normalized spacial score (nSPS) is 27.6. The van der Waals surface area contributed by atoms with Crippen LogP contribution in [-0.4, -0.2) is 87.1 Å². The SMILES string of the molecule is O=C(c1ccccc1)[NH+]1CCN2CCN(CC1)CC[NH+](C(=O)c1ccccc1)CC2. The third-order valence-electron chi connectivity index (χ3n) is 6.37. The van der Waals surface area contributed by atoms with Gasteiger partial charge in [-0.25, -0.2) is 9.59 Å². The summed E-state index contributed by atoms with van der Waals surface area (Å²) in [5.41, 5.74) is 1.59. The van der Waals surface area contributed by atoms with E-state index in [0.717, 1.165) is 86.4 Å². The molecular formula is C24H32N4O2+2. The smallest absolute Gasteiger partial charge is 0.291 e. The number of carbonyl (C=O) groups is 2. The summed E-state index contributed by atoms with van der Waals surface area (Å²) in [6.45, 7) is 8.77. The van der Waals surface area contributed by atoms with Crippen molar-refractivity contribution in [2.75, 3.05) is 65.4 Å². The Morgan fingerprint density at radius 1 is 0.533 bits per heavy atom. The Hall–Kier alpha value is -2.38. The Kier molecular flexibility index (Phi) is 7.02. The second-order valence-corrected chi connectivity index (χ2v) is 8.28. The van der Waals surface area contributed by atoms with Crippen LogP contribution in [0.1, 0.15) is 20.7 Å². The summed E-state index contributed by atoms with van der Waals surface area (Å²) in [6.07, 6.45) is 0. The Balaban J connectivity index is 1.45.